The highest BCUT2D eigenvalue weighted by Gasteiger charge is 2.20. The van der Waals surface area contributed by atoms with Crippen LogP contribution >= 0.6 is 0 Å². The summed E-state index contributed by atoms with van der Waals surface area (Å²) in [4.78, 5) is 12.1. The van der Waals surface area contributed by atoms with Crippen LogP contribution in [0.25, 0.3) is 0 Å². The van der Waals surface area contributed by atoms with Gasteiger partial charge in [-0.15, -0.1) is 0 Å². The Labute approximate surface area is 163 Å². The molecule has 0 heterocycles. The number of hydrogen-bond acceptors (Lipinski definition) is 4. The van der Waals surface area contributed by atoms with Crippen LogP contribution in [0.1, 0.15) is 56.1 Å². The highest BCUT2D eigenvalue weighted by Crippen LogP contribution is 2.28. The number of carbonyl (C=O) groups is 1. The number of ether oxygens (including phenoxy) is 1. The molecule has 1 aromatic carbocycles. The average molecular weight is 397 g/mol. The van der Waals surface area contributed by atoms with E-state index in [1.165, 1.54) is 39.2 Å². The van der Waals surface area contributed by atoms with Gasteiger partial charge in [0.1, 0.15) is 10.6 Å². The van der Waals surface area contributed by atoms with E-state index in [0.717, 1.165) is 17.5 Å². The molecule has 0 radical (unpaired) electrons. The lowest BCUT2D eigenvalue weighted by Gasteiger charge is -2.21. The molecule has 1 amide bonds. The quantitative estimate of drug-likeness (QED) is 0.628. The van der Waals surface area contributed by atoms with Gasteiger partial charge in [0.2, 0.25) is 15.9 Å². The Morgan fingerprint density at radius 3 is 2.44 bits per heavy atom. The average Bonchev–Trinajstić information content (AvgIpc) is 2.66. The number of hydrogen-bond donors (Lipinski definition) is 2. The molecule has 2 N–H and O–H groups in total. The first-order chi connectivity index (χ1) is 12.8. The first-order valence-electron chi connectivity index (χ1n) is 9.75. The third-order valence-electron chi connectivity index (χ3n) is 5.31. The van der Waals surface area contributed by atoms with Crippen molar-refractivity contribution in [3.8, 4) is 5.75 Å². The minimum atomic E-state index is -3.70. The predicted molar refractivity (Wildman–Crippen MR) is 106 cm³/mol. The summed E-state index contributed by atoms with van der Waals surface area (Å²) in [6, 6.07) is 3.33. The van der Waals surface area contributed by atoms with Crippen molar-refractivity contribution in [3.05, 3.63) is 23.3 Å². The summed E-state index contributed by atoms with van der Waals surface area (Å²) < 4.78 is 32.8. The van der Waals surface area contributed by atoms with E-state index in [1.54, 1.807) is 12.1 Å². The molecule has 0 saturated heterocycles. The fourth-order valence-corrected chi connectivity index (χ4v) is 4.76. The topological polar surface area (TPSA) is 84.5 Å². The van der Waals surface area contributed by atoms with Crippen LogP contribution in [-0.2, 0) is 14.8 Å². The zero-order valence-electron chi connectivity index (χ0n) is 16.6. The Kier molecular flexibility index (Phi) is 8.10. The lowest BCUT2D eigenvalue weighted by molar-refractivity contribution is -0.121. The van der Waals surface area contributed by atoms with Gasteiger partial charge >= 0.3 is 0 Å². The van der Waals surface area contributed by atoms with Crippen LogP contribution in [0, 0.1) is 19.8 Å². The van der Waals surface area contributed by atoms with Gasteiger partial charge in [0.15, 0.2) is 0 Å². The maximum atomic E-state index is 12.5. The number of amides is 1. The summed E-state index contributed by atoms with van der Waals surface area (Å²) >= 11 is 0. The molecule has 1 saturated carbocycles. The molecule has 7 heteroatoms. The van der Waals surface area contributed by atoms with E-state index in [4.69, 9.17) is 4.74 Å². The highest BCUT2D eigenvalue weighted by atomic mass is 32.2. The van der Waals surface area contributed by atoms with Crippen molar-refractivity contribution in [2.24, 2.45) is 5.92 Å². The molecule has 0 unspecified atom stereocenters. The third kappa shape index (κ3) is 6.50. The first-order valence-corrected chi connectivity index (χ1v) is 11.2. The minimum Gasteiger partial charge on any atom is -0.495 e. The van der Waals surface area contributed by atoms with E-state index in [-0.39, 0.29) is 23.9 Å². The van der Waals surface area contributed by atoms with Crippen molar-refractivity contribution in [1.82, 2.24) is 10.0 Å². The first kappa shape index (κ1) is 21.7. The van der Waals surface area contributed by atoms with Crippen molar-refractivity contribution in [2.45, 2.75) is 63.7 Å². The van der Waals surface area contributed by atoms with Gasteiger partial charge in [0.05, 0.1) is 7.11 Å². The van der Waals surface area contributed by atoms with E-state index < -0.39 is 10.0 Å². The number of rotatable bonds is 9. The molecule has 27 heavy (non-hydrogen) atoms. The van der Waals surface area contributed by atoms with Gasteiger partial charge < -0.3 is 10.1 Å². The van der Waals surface area contributed by atoms with Gasteiger partial charge in [-0.05, 0) is 49.4 Å². The van der Waals surface area contributed by atoms with Crippen molar-refractivity contribution in [1.29, 1.82) is 0 Å². The van der Waals surface area contributed by atoms with Crippen LogP contribution in [0.4, 0.5) is 0 Å². The van der Waals surface area contributed by atoms with Crippen molar-refractivity contribution >= 4 is 15.9 Å². The number of nitrogens with one attached hydrogen (secondary N) is 2. The smallest absolute Gasteiger partial charge is 0.244 e. The molecule has 0 aliphatic heterocycles. The number of benzene rings is 1. The van der Waals surface area contributed by atoms with Crippen LogP contribution in [0.5, 0.6) is 5.75 Å². The summed E-state index contributed by atoms with van der Waals surface area (Å²) in [5.74, 6) is 0.978. The standard InChI is InChI=1S/C20H32N2O4S/c1-15-13-18(26-3)19(14-16(15)2)27(24,25)22-12-11-21-20(23)10-9-17-7-5-4-6-8-17/h13-14,17,22H,4-12H2,1-3H3,(H,21,23). The molecular weight excluding hydrogens is 364 g/mol. The summed E-state index contributed by atoms with van der Waals surface area (Å²) in [6.07, 6.45) is 7.76. The lowest BCUT2D eigenvalue weighted by Crippen LogP contribution is -2.35. The van der Waals surface area contributed by atoms with Crippen LogP contribution in [-0.4, -0.2) is 34.5 Å². The molecule has 6 nitrogen and oxygen atoms in total. The van der Waals surface area contributed by atoms with Crippen molar-refractivity contribution in [3.63, 3.8) is 0 Å². The van der Waals surface area contributed by atoms with E-state index in [1.807, 2.05) is 13.8 Å². The number of methoxy groups -OCH3 is 1. The number of sulfonamides is 1. The second-order valence-corrected chi connectivity index (χ2v) is 9.11. The van der Waals surface area contributed by atoms with Crippen LogP contribution in [0.2, 0.25) is 0 Å². The Morgan fingerprint density at radius 2 is 1.78 bits per heavy atom. The summed E-state index contributed by atoms with van der Waals surface area (Å²) in [5, 5.41) is 2.80. The SMILES string of the molecule is COc1cc(C)c(C)cc1S(=O)(=O)NCCNC(=O)CCC1CCCCC1. The van der Waals surface area contributed by atoms with Gasteiger partial charge in [-0.3, -0.25) is 4.79 Å². The molecule has 1 aromatic rings. The molecule has 1 aliphatic rings. The Balaban J connectivity index is 1.78. The summed E-state index contributed by atoms with van der Waals surface area (Å²) in [7, 11) is -2.24. The molecule has 0 aromatic heterocycles. The molecular formula is C20H32N2O4S. The van der Waals surface area contributed by atoms with Gasteiger partial charge in [0.25, 0.3) is 0 Å². The van der Waals surface area contributed by atoms with E-state index in [9.17, 15) is 13.2 Å². The van der Waals surface area contributed by atoms with Gasteiger partial charge in [-0.1, -0.05) is 32.1 Å². The van der Waals surface area contributed by atoms with Crippen molar-refractivity contribution < 1.29 is 17.9 Å². The van der Waals surface area contributed by atoms with E-state index in [0.29, 0.717) is 18.1 Å². The van der Waals surface area contributed by atoms with Crippen LogP contribution < -0.4 is 14.8 Å². The minimum absolute atomic E-state index is 0.0106. The van der Waals surface area contributed by atoms with Gasteiger partial charge in [0, 0.05) is 19.5 Å². The Hall–Kier alpha value is -1.60. The van der Waals surface area contributed by atoms with Crippen LogP contribution in [0.15, 0.2) is 17.0 Å². The second-order valence-electron chi connectivity index (χ2n) is 7.38. The second kappa shape index (κ2) is 10.1. The Morgan fingerprint density at radius 1 is 1.11 bits per heavy atom. The van der Waals surface area contributed by atoms with Crippen LogP contribution in [0.3, 0.4) is 0 Å². The Bertz CT molecular complexity index is 741. The predicted octanol–water partition coefficient (Wildman–Crippen LogP) is 3.07. The highest BCUT2D eigenvalue weighted by molar-refractivity contribution is 7.89. The molecule has 0 spiro atoms. The normalized spacial score (nSPS) is 15.5. The maximum absolute atomic E-state index is 12.5. The summed E-state index contributed by atoms with van der Waals surface area (Å²) in [6.45, 7) is 4.19. The third-order valence-corrected chi connectivity index (χ3v) is 6.80. The van der Waals surface area contributed by atoms with Gasteiger partial charge in [-0.25, -0.2) is 13.1 Å². The number of aryl methyl sites for hydroxylation is 2. The molecule has 152 valence electrons. The maximum Gasteiger partial charge on any atom is 0.244 e. The summed E-state index contributed by atoms with van der Waals surface area (Å²) in [5.41, 5.74) is 1.85. The van der Waals surface area contributed by atoms with E-state index in [2.05, 4.69) is 10.0 Å². The van der Waals surface area contributed by atoms with Gasteiger partial charge in [-0.2, -0.15) is 0 Å². The molecule has 1 fully saturated rings. The molecule has 1 aliphatic carbocycles. The van der Waals surface area contributed by atoms with Crippen molar-refractivity contribution in [2.75, 3.05) is 20.2 Å². The molecule has 0 bridgehead atoms. The fraction of sp³-hybridized carbons (Fsp3) is 0.650. The fourth-order valence-electron chi connectivity index (χ4n) is 3.50. The number of carbonyl (C=O) groups excluding carboxylic acids is 1. The largest absolute Gasteiger partial charge is 0.495 e. The molecule has 2 rings (SSSR count). The van der Waals surface area contributed by atoms with E-state index >= 15 is 0 Å². The molecule has 0 atom stereocenters. The zero-order valence-corrected chi connectivity index (χ0v) is 17.5. The lowest BCUT2D eigenvalue weighted by atomic mass is 9.86. The zero-order chi connectivity index (χ0) is 19.9. The monoisotopic (exact) mass is 396 g/mol.